The SMILES string of the molecule is COCCOCCN1CCC2(CC1)OCCO2. The zero-order chi connectivity index (χ0) is 12.0. The van der Waals surface area contributed by atoms with Gasteiger partial charge in [0.25, 0.3) is 0 Å². The van der Waals surface area contributed by atoms with Gasteiger partial charge in [-0.3, -0.25) is 0 Å². The molecule has 5 nitrogen and oxygen atoms in total. The summed E-state index contributed by atoms with van der Waals surface area (Å²) in [5.74, 6) is -0.257. The van der Waals surface area contributed by atoms with Crippen LogP contribution < -0.4 is 0 Å². The summed E-state index contributed by atoms with van der Waals surface area (Å²) in [7, 11) is 1.69. The summed E-state index contributed by atoms with van der Waals surface area (Å²) < 4.78 is 21.8. The number of hydrogen-bond acceptors (Lipinski definition) is 5. The van der Waals surface area contributed by atoms with Crippen molar-refractivity contribution in [1.82, 2.24) is 4.90 Å². The van der Waals surface area contributed by atoms with Gasteiger partial charge in [-0.2, -0.15) is 0 Å². The Labute approximate surface area is 103 Å². The maximum absolute atomic E-state index is 5.69. The van der Waals surface area contributed by atoms with Crippen LogP contribution in [0.1, 0.15) is 12.8 Å². The highest BCUT2D eigenvalue weighted by atomic mass is 16.7. The Morgan fingerprint density at radius 1 is 1.06 bits per heavy atom. The molecule has 0 amide bonds. The molecule has 0 atom stereocenters. The van der Waals surface area contributed by atoms with Gasteiger partial charge in [0.1, 0.15) is 0 Å². The van der Waals surface area contributed by atoms with Gasteiger partial charge in [-0.15, -0.1) is 0 Å². The Bertz CT molecular complexity index is 209. The van der Waals surface area contributed by atoms with Crippen molar-refractivity contribution in [3.63, 3.8) is 0 Å². The fourth-order valence-electron chi connectivity index (χ4n) is 2.34. The standard InChI is InChI=1S/C12H23NO4/c1-14-8-9-15-7-6-13-4-2-12(3-5-13)16-10-11-17-12/h2-11H2,1H3. The van der Waals surface area contributed by atoms with Crippen LogP contribution in [0.4, 0.5) is 0 Å². The number of nitrogens with zero attached hydrogens (tertiary/aromatic N) is 1. The molecule has 0 aromatic heterocycles. The fourth-order valence-corrected chi connectivity index (χ4v) is 2.34. The number of likely N-dealkylation sites (tertiary alicyclic amines) is 1. The van der Waals surface area contributed by atoms with Crippen molar-refractivity contribution >= 4 is 0 Å². The minimum atomic E-state index is -0.257. The lowest BCUT2D eigenvalue weighted by Crippen LogP contribution is -2.46. The summed E-state index contributed by atoms with van der Waals surface area (Å²) in [6.45, 7) is 6.69. The van der Waals surface area contributed by atoms with Crippen molar-refractivity contribution in [2.45, 2.75) is 18.6 Å². The summed E-state index contributed by atoms with van der Waals surface area (Å²) >= 11 is 0. The smallest absolute Gasteiger partial charge is 0.170 e. The molecule has 2 fully saturated rings. The molecule has 0 N–H and O–H groups in total. The number of rotatable bonds is 6. The molecule has 0 saturated carbocycles. The molecule has 2 rings (SSSR count). The number of methoxy groups -OCH3 is 1. The largest absolute Gasteiger partial charge is 0.382 e. The topological polar surface area (TPSA) is 40.2 Å². The molecular weight excluding hydrogens is 222 g/mol. The lowest BCUT2D eigenvalue weighted by Gasteiger charge is -2.37. The molecule has 0 bridgehead atoms. The maximum atomic E-state index is 5.69. The molecule has 0 unspecified atom stereocenters. The van der Waals surface area contributed by atoms with E-state index in [0.717, 1.165) is 52.3 Å². The molecule has 2 saturated heterocycles. The number of ether oxygens (including phenoxy) is 4. The lowest BCUT2D eigenvalue weighted by atomic mass is 10.0. The Balaban J connectivity index is 1.56. The van der Waals surface area contributed by atoms with Crippen molar-refractivity contribution in [1.29, 1.82) is 0 Å². The van der Waals surface area contributed by atoms with Crippen LogP contribution in [-0.2, 0) is 18.9 Å². The van der Waals surface area contributed by atoms with E-state index in [4.69, 9.17) is 18.9 Å². The summed E-state index contributed by atoms with van der Waals surface area (Å²) in [5, 5.41) is 0. The van der Waals surface area contributed by atoms with Gasteiger partial charge >= 0.3 is 0 Å². The minimum absolute atomic E-state index is 0.257. The Hall–Kier alpha value is -0.200. The highest BCUT2D eigenvalue weighted by molar-refractivity contribution is 4.82. The first-order valence-electron chi connectivity index (χ1n) is 6.42. The molecule has 1 spiro atoms. The summed E-state index contributed by atoms with van der Waals surface area (Å²) in [5.41, 5.74) is 0. The van der Waals surface area contributed by atoms with Crippen molar-refractivity contribution in [2.24, 2.45) is 0 Å². The highest BCUT2D eigenvalue weighted by Crippen LogP contribution is 2.30. The highest BCUT2D eigenvalue weighted by Gasteiger charge is 2.39. The average molecular weight is 245 g/mol. The number of piperidine rings is 1. The van der Waals surface area contributed by atoms with Crippen molar-refractivity contribution < 1.29 is 18.9 Å². The second kappa shape index (κ2) is 6.66. The van der Waals surface area contributed by atoms with E-state index in [1.165, 1.54) is 0 Å². The third-order valence-electron chi connectivity index (χ3n) is 3.42. The van der Waals surface area contributed by atoms with Crippen LogP contribution in [0.3, 0.4) is 0 Å². The van der Waals surface area contributed by atoms with E-state index in [2.05, 4.69) is 4.90 Å². The van der Waals surface area contributed by atoms with Gasteiger partial charge in [-0.25, -0.2) is 0 Å². The van der Waals surface area contributed by atoms with Gasteiger partial charge in [-0.05, 0) is 0 Å². The van der Waals surface area contributed by atoms with Crippen LogP contribution in [0.15, 0.2) is 0 Å². The predicted octanol–water partition coefficient (Wildman–Crippen LogP) is 0.488. The third-order valence-corrected chi connectivity index (χ3v) is 3.42. The van der Waals surface area contributed by atoms with Crippen LogP contribution in [0.5, 0.6) is 0 Å². The fraction of sp³-hybridized carbons (Fsp3) is 1.00. The van der Waals surface area contributed by atoms with Crippen LogP contribution in [-0.4, -0.2) is 70.5 Å². The molecule has 17 heavy (non-hydrogen) atoms. The predicted molar refractivity (Wildman–Crippen MR) is 63.0 cm³/mol. The normalized spacial score (nSPS) is 24.5. The van der Waals surface area contributed by atoms with Crippen LogP contribution in [0.2, 0.25) is 0 Å². The third kappa shape index (κ3) is 3.89. The quantitative estimate of drug-likeness (QED) is 0.637. The monoisotopic (exact) mass is 245 g/mol. The summed E-state index contributed by atoms with van der Waals surface area (Å²) in [4.78, 5) is 2.41. The first-order valence-corrected chi connectivity index (χ1v) is 6.42. The van der Waals surface area contributed by atoms with Crippen molar-refractivity contribution in [2.75, 3.05) is 59.8 Å². The van der Waals surface area contributed by atoms with Gasteiger partial charge < -0.3 is 23.8 Å². The van der Waals surface area contributed by atoms with E-state index >= 15 is 0 Å². The molecule has 2 aliphatic heterocycles. The zero-order valence-electron chi connectivity index (χ0n) is 10.7. The second-order valence-electron chi connectivity index (χ2n) is 4.55. The minimum Gasteiger partial charge on any atom is -0.382 e. The molecular formula is C12H23NO4. The van der Waals surface area contributed by atoms with E-state index in [1.807, 2.05) is 0 Å². The number of hydrogen-bond donors (Lipinski definition) is 0. The molecule has 0 aromatic carbocycles. The van der Waals surface area contributed by atoms with Crippen molar-refractivity contribution in [3.05, 3.63) is 0 Å². The Morgan fingerprint density at radius 3 is 2.41 bits per heavy atom. The molecule has 2 heterocycles. The van der Waals surface area contributed by atoms with E-state index in [9.17, 15) is 0 Å². The van der Waals surface area contributed by atoms with Gasteiger partial charge in [0.15, 0.2) is 5.79 Å². The van der Waals surface area contributed by atoms with Gasteiger partial charge in [0, 0.05) is 39.6 Å². The molecule has 0 aromatic rings. The van der Waals surface area contributed by atoms with E-state index in [-0.39, 0.29) is 5.79 Å². The lowest BCUT2D eigenvalue weighted by molar-refractivity contribution is -0.185. The van der Waals surface area contributed by atoms with Crippen LogP contribution >= 0.6 is 0 Å². The first-order chi connectivity index (χ1) is 8.35. The molecule has 2 aliphatic rings. The molecule has 5 heteroatoms. The van der Waals surface area contributed by atoms with Crippen molar-refractivity contribution in [3.8, 4) is 0 Å². The zero-order valence-corrected chi connectivity index (χ0v) is 10.7. The summed E-state index contributed by atoms with van der Waals surface area (Å²) in [6.07, 6.45) is 1.95. The van der Waals surface area contributed by atoms with Gasteiger partial charge in [0.05, 0.1) is 33.0 Å². The Morgan fingerprint density at radius 2 is 1.76 bits per heavy atom. The van der Waals surface area contributed by atoms with Crippen LogP contribution in [0.25, 0.3) is 0 Å². The molecule has 0 radical (unpaired) electrons. The Kier molecular flexibility index (Phi) is 5.18. The van der Waals surface area contributed by atoms with E-state index in [0.29, 0.717) is 13.2 Å². The van der Waals surface area contributed by atoms with Gasteiger partial charge in [0.2, 0.25) is 0 Å². The average Bonchev–Trinajstić information content (AvgIpc) is 2.80. The van der Waals surface area contributed by atoms with E-state index < -0.39 is 0 Å². The van der Waals surface area contributed by atoms with Gasteiger partial charge in [-0.1, -0.05) is 0 Å². The molecule has 100 valence electrons. The first kappa shape index (κ1) is 13.2. The second-order valence-corrected chi connectivity index (χ2v) is 4.55. The maximum Gasteiger partial charge on any atom is 0.170 e. The van der Waals surface area contributed by atoms with E-state index in [1.54, 1.807) is 7.11 Å². The summed E-state index contributed by atoms with van der Waals surface area (Å²) in [6, 6.07) is 0. The molecule has 0 aliphatic carbocycles. The van der Waals surface area contributed by atoms with Crippen LogP contribution in [0, 0.1) is 0 Å².